The van der Waals surface area contributed by atoms with E-state index in [2.05, 4.69) is 3.63 Å². The third-order valence-electron chi connectivity index (χ3n) is 0.947. The molecule has 1 fully saturated rings. The monoisotopic (exact) mass is 208 g/mol. The van der Waals surface area contributed by atoms with Gasteiger partial charge in [-0.1, -0.05) is 0 Å². The van der Waals surface area contributed by atoms with Crippen molar-refractivity contribution in [1.29, 1.82) is 0 Å². The Kier molecular flexibility index (Phi) is 1.69. The Bertz CT molecular complexity index is 318. The lowest BCUT2D eigenvalue weighted by Crippen LogP contribution is -2.19. The molecular formula is C2H2F2O5S2. The molecule has 0 amide bonds. The normalized spacial score (nSPS) is 40.5. The first kappa shape index (κ1) is 8.81. The van der Waals surface area contributed by atoms with Crippen LogP contribution in [0.4, 0.5) is 8.78 Å². The van der Waals surface area contributed by atoms with Crippen LogP contribution in [0.2, 0.25) is 0 Å². The van der Waals surface area contributed by atoms with Gasteiger partial charge in [0, 0.05) is 0 Å². The minimum Gasteiger partial charge on any atom is -0.223 e. The second kappa shape index (κ2) is 2.11. The summed E-state index contributed by atoms with van der Waals surface area (Å²) in [5, 5.41) is 0. The lowest BCUT2D eigenvalue weighted by molar-refractivity contribution is 0.298. The first-order valence-corrected chi connectivity index (χ1v) is 5.18. The Morgan fingerprint density at radius 3 is 1.27 bits per heavy atom. The van der Waals surface area contributed by atoms with E-state index in [0.717, 1.165) is 0 Å². The summed E-state index contributed by atoms with van der Waals surface area (Å²) in [4.78, 5) is 0. The van der Waals surface area contributed by atoms with Crippen LogP contribution in [-0.2, 0) is 23.9 Å². The first-order chi connectivity index (χ1) is 4.77. The summed E-state index contributed by atoms with van der Waals surface area (Å²) in [6, 6.07) is 0. The third-order valence-corrected chi connectivity index (χ3v) is 4.22. The summed E-state index contributed by atoms with van der Waals surface area (Å²) in [6.45, 7) is 0. The molecule has 0 aromatic rings. The Labute approximate surface area is 61.2 Å². The Morgan fingerprint density at radius 1 is 0.909 bits per heavy atom. The zero-order chi connectivity index (χ0) is 8.86. The molecule has 66 valence electrons. The fourth-order valence-electron chi connectivity index (χ4n) is 0.469. The Balaban J connectivity index is 3.27. The lowest BCUT2D eigenvalue weighted by atomic mass is 10.8. The molecule has 1 saturated heterocycles. The van der Waals surface area contributed by atoms with Crippen LogP contribution in [0.15, 0.2) is 0 Å². The molecule has 11 heavy (non-hydrogen) atoms. The van der Waals surface area contributed by atoms with E-state index in [-0.39, 0.29) is 0 Å². The van der Waals surface area contributed by atoms with Crippen molar-refractivity contribution in [2.45, 2.75) is 11.0 Å². The van der Waals surface area contributed by atoms with Crippen molar-refractivity contribution in [1.82, 2.24) is 0 Å². The van der Waals surface area contributed by atoms with Gasteiger partial charge in [0.25, 0.3) is 11.0 Å². The molecule has 5 nitrogen and oxygen atoms in total. The van der Waals surface area contributed by atoms with Gasteiger partial charge >= 0.3 is 20.2 Å². The molecule has 9 heteroatoms. The van der Waals surface area contributed by atoms with Gasteiger partial charge < -0.3 is 0 Å². The highest BCUT2D eigenvalue weighted by atomic mass is 32.3. The highest BCUT2D eigenvalue weighted by Crippen LogP contribution is 2.29. The van der Waals surface area contributed by atoms with Crippen LogP contribution in [0.1, 0.15) is 0 Å². The highest BCUT2D eigenvalue weighted by Gasteiger charge is 2.54. The highest BCUT2D eigenvalue weighted by molar-refractivity contribution is 8.03. The molecule has 0 saturated carbocycles. The molecule has 0 aromatic carbocycles. The number of rotatable bonds is 0. The second-order valence-corrected chi connectivity index (χ2v) is 5.17. The van der Waals surface area contributed by atoms with E-state index in [1.165, 1.54) is 0 Å². The molecule has 1 heterocycles. The summed E-state index contributed by atoms with van der Waals surface area (Å²) in [7, 11) is -9.82. The molecule has 1 aliphatic heterocycles. The fourth-order valence-corrected chi connectivity index (χ4v) is 3.47. The predicted octanol–water partition coefficient (Wildman–Crippen LogP) is -0.733. The molecular weight excluding hydrogens is 206 g/mol. The van der Waals surface area contributed by atoms with Crippen molar-refractivity contribution in [2.75, 3.05) is 0 Å². The van der Waals surface area contributed by atoms with Crippen LogP contribution in [-0.4, -0.2) is 27.8 Å². The molecule has 2 atom stereocenters. The molecule has 0 aromatic heterocycles. The maximum Gasteiger partial charge on any atom is 0.318 e. The number of alkyl halides is 2. The second-order valence-electron chi connectivity index (χ2n) is 1.76. The van der Waals surface area contributed by atoms with Gasteiger partial charge in [-0.3, -0.25) is 0 Å². The molecule has 1 rings (SSSR count). The molecule has 0 spiro atoms. The van der Waals surface area contributed by atoms with Crippen molar-refractivity contribution in [3.8, 4) is 0 Å². The van der Waals surface area contributed by atoms with Crippen molar-refractivity contribution >= 4 is 20.2 Å². The minimum atomic E-state index is -4.91. The summed E-state index contributed by atoms with van der Waals surface area (Å²) in [5.74, 6) is 0. The zero-order valence-electron chi connectivity index (χ0n) is 4.77. The van der Waals surface area contributed by atoms with Crippen LogP contribution in [0, 0.1) is 0 Å². The Morgan fingerprint density at radius 2 is 1.18 bits per heavy atom. The molecule has 0 radical (unpaired) electrons. The molecule has 1 aliphatic rings. The van der Waals surface area contributed by atoms with Gasteiger partial charge in [0.1, 0.15) is 0 Å². The molecule has 0 aliphatic carbocycles. The SMILES string of the molecule is O=S1(=O)OS(=O)(=O)C(F)C1F. The van der Waals surface area contributed by atoms with Crippen LogP contribution in [0.5, 0.6) is 0 Å². The smallest absolute Gasteiger partial charge is 0.223 e. The lowest BCUT2D eigenvalue weighted by Gasteiger charge is -1.92. The first-order valence-electron chi connectivity index (χ1n) is 2.24. The summed E-state index contributed by atoms with van der Waals surface area (Å²) in [5.41, 5.74) is -6.26. The van der Waals surface area contributed by atoms with E-state index in [9.17, 15) is 25.6 Å². The predicted molar refractivity (Wildman–Crippen MR) is 28.7 cm³/mol. The maximum atomic E-state index is 12.1. The Hall–Kier alpha value is -0.280. The van der Waals surface area contributed by atoms with Crippen LogP contribution in [0.3, 0.4) is 0 Å². The van der Waals surface area contributed by atoms with E-state index in [1.807, 2.05) is 0 Å². The zero-order valence-corrected chi connectivity index (χ0v) is 6.40. The van der Waals surface area contributed by atoms with Crippen molar-refractivity contribution in [3.05, 3.63) is 0 Å². The third kappa shape index (κ3) is 1.23. The van der Waals surface area contributed by atoms with E-state index in [0.29, 0.717) is 0 Å². The number of halogens is 2. The fraction of sp³-hybridized carbons (Fsp3) is 1.00. The van der Waals surface area contributed by atoms with E-state index >= 15 is 0 Å². The van der Waals surface area contributed by atoms with Crippen LogP contribution < -0.4 is 0 Å². The van der Waals surface area contributed by atoms with E-state index < -0.39 is 31.2 Å². The maximum absolute atomic E-state index is 12.1. The summed E-state index contributed by atoms with van der Waals surface area (Å²) in [6.07, 6.45) is 0. The molecule has 0 N–H and O–H groups in total. The minimum absolute atomic E-state index is 3.13. The number of hydrogen-bond acceptors (Lipinski definition) is 5. The van der Waals surface area contributed by atoms with Crippen molar-refractivity contribution in [2.24, 2.45) is 0 Å². The summed E-state index contributed by atoms with van der Waals surface area (Å²) >= 11 is 0. The van der Waals surface area contributed by atoms with Gasteiger partial charge in [-0.05, 0) is 0 Å². The van der Waals surface area contributed by atoms with E-state index in [4.69, 9.17) is 0 Å². The van der Waals surface area contributed by atoms with Gasteiger partial charge in [-0.15, -0.1) is 3.63 Å². The summed E-state index contributed by atoms with van der Waals surface area (Å²) < 4.78 is 68.1. The van der Waals surface area contributed by atoms with Gasteiger partial charge in [0.15, 0.2) is 0 Å². The quantitative estimate of drug-likeness (QED) is 0.524. The average Bonchev–Trinajstić information content (AvgIpc) is 1.91. The largest absolute Gasteiger partial charge is 0.318 e. The van der Waals surface area contributed by atoms with Gasteiger partial charge in [0.2, 0.25) is 0 Å². The molecule has 2 unspecified atom stereocenters. The standard InChI is InChI=1S/C2H2F2O5S2/c3-1-2(4)11(7,8)9-10(1,5)6/h1-2H. The van der Waals surface area contributed by atoms with Gasteiger partial charge in [-0.25, -0.2) is 8.78 Å². The van der Waals surface area contributed by atoms with Crippen LogP contribution >= 0.6 is 0 Å². The number of hydrogen-bond donors (Lipinski definition) is 0. The van der Waals surface area contributed by atoms with Gasteiger partial charge in [0.05, 0.1) is 0 Å². The van der Waals surface area contributed by atoms with E-state index in [1.54, 1.807) is 0 Å². The van der Waals surface area contributed by atoms with Crippen LogP contribution in [0.25, 0.3) is 0 Å². The van der Waals surface area contributed by atoms with Gasteiger partial charge in [-0.2, -0.15) is 16.8 Å². The van der Waals surface area contributed by atoms with Crippen molar-refractivity contribution in [3.63, 3.8) is 0 Å². The topological polar surface area (TPSA) is 77.5 Å². The average molecular weight is 208 g/mol. The van der Waals surface area contributed by atoms with Crippen molar-refractivity contribution < 1.29 is 29.2 Å². The molecule has 0 bridgehead atoms.